The van der Waals surface area contributed by atoms with Crippen molar-refractivity contribution < 1.29 is 14.4 Å². The van der Waals surface area contributed by atoms with Crippen LogP contribution in [0, 0.1) is 0 Å². The van der Waals surface area contributed by atoms with Crippen LogP contribution in [-0.2, 0) is 22.6 Å². The lowest BCUT2D eigenvalue weighted by Crippen LogP contribution is -2.54. The summed E-state index contributed by atoms with van der Waals surface area (Å²) >= 11 is -1.24. The molecule has 1 aromatic rings. The highest BCUT2D eigenvalue weighted by atomic mass is 32.2. The van der Waals surface area contributed by atoms with Crippen LogP contribution in [0.5, 0.6) is 0 Å². The summed E-state index contributed by atoms with van der Waals surface area (Å²) in [5.74, 6) is 0. The minimum atomic E-state index is -1.24. The maximum atomic E-state index is 13.1. The molecule has 1 aliphatic rings. The van der Waals surface area contributed by atoms with Crippen LogP contribution in [0.2, 0.25) is 0 Å². The summed E-state index contributed by atoms with van der Waals surface area (Å²) in [6, 6.07) is 9.65. The fourth-order valence-electron chi connectivity index (χ4n) is 2.64. The maximum Gasteiger partial charge on any atom is 0.137 e. The Balaban J connectivity index is 2.25. The molecule has 0 saturated heterocycles. The molecule has 0 amide bonds. The molecule has 0 aliphatic carbocycles. The Morgan fingerprint density at radius 2 is 2.04 bits per heavy atom. The zero-order valence-corrected chi connectivity index (χ0v) is 15.0. The third-order valence-corrected chi connectivity index (χ3v) is 5.75. The average molecular weight is 337 g/mol. The molecule has 0 unspecified atom stereocenters. The first-order valence-corrected chi connectivity index (χ1v) is 9.18. The molecular formula is C18H27NO3S. The van der Waals surface area contributed by atoms with E-state index < -0.39 is 16.1 Å². The van der Waals surface area contributed by atoms with E-state index in [0.717, 1.165) is 18.4 Å². The second kappa shape index (κ2) is 8.20. The standard InChI is InChI=1S/C18H27NO3S/c1-18(2,3)23(21)19(13-15-9-5-4-6-10-15)16(14-20)17-11-7-8-12-22-17/h4-6,8-10,12,16-17,20H,7,11,13-14H2,1-3H3/t16-,17+,23-/m1/s1. The van der Waals surface area contributed by atoms with Gasteiger partial charge in [0.2, 0.25) is 0 Å². The monoisotopic (exact) mass is 337 g/mol. The van der Waals surface area contributed by atoms with Gasteiger partial charge in [0.1, 0.15) is 16.9 Å². The normalized spacial score (nSPS) is 21.0. The highest BCUT2D eigenvalue weighted by Gasteiger charge is 2.41. The Hall–Kier alpha value is -1.01. The number of benzene rings is 1. The molecule has 1 heterocycles. The number of allylic oxidation sites excluding steroid dienone is 1. The lowest BCUT2D eigenvalue weighted by atomic mass is 10.0. The quantitative estimate of drug-likeness (QED) is 0.811. The van der Waals surface area contributed by atoms with Gasteiger partial charge in [-0.05, 0) is 45.3 Å². The molecule has 1 N–H and O–H groups in total. The summed E-state index contributed by atoms with van der Waals surface area (Å²) in [7, 11) is 0. The van der Waals surface area contributed by atoms with E-state index in [2.05, 4.69) is 0 Å². The van der Waals surface area contributed by atoms with Crippen molar-refractivity contribution in [2.75, 3.05) is 6.61 Å². The van der Waals surface area contributed by atoms with E-state index in [4.69, 9.17) is 4.74 Å². The average Bonchev–Trinajstić information content (AvgIpc) is 2.55. The molecule has 1 aliphatic heterocycles. The predicted octanol–water partition coefficient (Wildman–Crippen LogP) is 3.00. The van der Waals surface area contributed by atoms with Gasteiger partial charge >= 0.3 is 0 Å². The Morgan fingerprint density at radius 3 is 2.57 bits per heavy atom. The molecule has 0 fully saturated rings. The zero-order valence-electron chi connectivity index (χ0n) is 14.1. The Morgan fingerprint density at radius 1 is 1.35 bits per heavy atom. The van der Waals surface area contributed by atoms with Gasteiger partial charge in [0.05, 0.1) is 19.4 Å². The number of hydrogen-bond acceptors (Lipinski definition) is 4. The number of aliphatic hydroxyl groups is 1. The first-order chi connectivity index (χ1) is 10.9. The molecule has 2 rings (SSSR count). The summed E-state index contributed by atoms with van der Waals surface area (Å²) in [5, 5.41) is 9.96. The molecule has 0 aromatic heterocycles. The summed E-state index contributed by atoms with van der Waals surface area (Å²) in [4.78, 5) is 0. The van der Waals surface area contributed by atoms with Crippen molar-refractivity contribution >= 4 is 11.4 Å². The minimum Gasteiger partial charge on any atom is -0.597 e. The van der Waals surface area contributed by atoms with Crippen LogP contribution in [0.1, 0.15) is 39.2 Å². The van der Waals surface area contributed by atoms with Gasteiger partial charge in [-0.3, -0.25) is 0 Å². The summed E-state index contributed by atoms with van der Waals surface area (Å²) in [6.45, 7) is 6.32. The Bertz CT molecular complexity index is 501. The fraction of sp³-hybridized carbons (Fsp3) is 0.556. The van der Waals surface area contributed by atoms with Crippen LogP contribution < -0.4 is 0 Å². The second-order valence-electron chi connectivity index (χ2n) is 6.80. The van der Waals surface area contributed by atoms with Gasteiger partial charge in [-0.25, -0.2) is 0 Å². The predicted molar refractivity (Wildman–Crippen MR) is 94.0 cm³/mol. The first kappa shape index (κ1) is 18.3. The lowest BCUT2D eigenvalue weighted by molar-refractivity contribution is 0.0258. The van der Waals surface area contributed by atoms with Crippen LogP contribution in [0.15, 0.2) is 42.7 Å². The van der Waals surface area contributed by atoms with Gasteiger partial charge in [-0.1, -0.05) is 30.3 Å². The highest BCUT2D eigenvalue weighted by molar-refractivity contribution is 7.90. The molecule has 0 bridgehead atoms. The molecule has 3 atom stereocenters. The fourth-order valence-corrected chi connectivity index (χ4v) is 4.06. The summed E-state index contributed by atoms with van der Waals surface area (Å²) in [6.07, 6.45) is 5.28. The van der Waals surface area contributed by atoms with E-state index in [1.807, 2.05) is 61.5 Å². The molecule has 0 spiro atoms. The van der Waals surface area contributed by atoms with Gasteiger partial charge < -0.3 is 14.4 Å². The van der Waals surface area contributed by atoms with Crippen molar-refractivity contribution in [2.45, 2.75) is 57.1 Å². The summed E-state index contributed by atoms with van der Waals surface area (Å²) < 4.78 is 20.3. The van der Waals surface area contributed by atoms with E-state index in [1.165, 1.54) is 0 Å². The number of ether oxygens (including phenoxy) is 1. The third kappa shape index (κ3) is 4.98. The largest absolute Gasteiger partial charge is 0.597 e. The van der Waals surface area contributed by atoms with Gasteiger partial charge in [0.25, 0.3) is 0 Å². The van der Waals surface area contributed by atoms with Crippen LogP contribution >= 0.6 is 0 Å². The van der Waals surface area contributed by atoms with Crippen molar-refractivity contribution in [3.05, 3.63) is 48.2 Å². The summed E-state index contributed by atoms with van der Waals surface area (Å²) in [5.41, 5.74) is 1.08. The van der Waals surface area contributed by atoms with Crippen LogP contribution in [0.4, 0.5) is 0 Å². The van der Waals surface area contributed by atoms with Crippen molar-refractivity contribution in [2.24, 2.45) is 0 Å². The van der Waals surface area contributed by atoms with Crippen molar-refractivity contribution in [1.82, 2.24) is 4.31 Å². The van der Waals surface area contributed by atoms with Gasteiger partial charge in [-0.2, -0.15) is 0 Å². The SMILES string of the molecule is CC(C)(C)[S@@+]([O-])N(Cc1ccccc1)[C@H](CO)[C@@H]1CCC=CO1. The number of rotatable bonds is 6. The molecule has 1 aromatic carbocycles. The van der Waals surface area contributed by atoms with E-state index in [-0.39, 0.29) is 18.8 Å². The van der Waals surface area contributed by atoms with Crippen LogP contribution in [0.3, 0.4) is 0 Å². The highest BCUT2D eigenvalue weighted by Crippen LogP contribution is 2.28. The molecule has 5 heteroatoms. The smallest absolute Gasteiger partial charge is 0.137 e. The van der Waals surface area contributed by atoms with E-state index in [1.54, 1.807) is 6.26 Å². The Kier molecular flexibility index (Phi) is 6.53. The van der Waals surface area contributed by atoms with Crippen LogP contribution in [0.25, 0.3) is 0 Å². The van der Waals surface area contributed by atoms with Crippen LogP contribution in [-0.4, -0.2) is 37.5 Å². The molecule has 4 nitrogen and oxygen atoms in total. The third-order valence-electron chi connectivity index (χ3n) is 3.87. The molecular weight excluding hydrogens is 310 g/mol. The second-order valence-corrected chi connectivity index (χ2v) is 8.99. The van der Waals surface area contributed by atoms with E-state index in [9.17, 15) is 9.66 Å². The molecule has 0 radical (unpaired) electrons. The van der Waals surface area contributed by atoms with Gasteiger partial charge in [-0.15, -0.1) is 4.31 Å². The Labute approximate surface area is 142 Å². The maximum absolute atomic E-state index is 13.1. The number of nitrogens with zero attached hydrogens (tertiary/aromatic N) is 1. The van der Waals surface area contributed by atoms with Crippen molar-refractivity contribution in [3.63, 3.8) is 0 Å². The molecule has 128 valence electrons. The van der Waals surface area contributed by atoms with E-state index in [0.29, 0.717) is 6.54 Å². The first-order valence-electron chi connectivity index (χ1n) is 8.07. The van der Waals surface area contributed by atoms with Crippen molar-refractivity contribution in [3.8, 4) is 0 Å². The molecule has 23 heavy (non-hydrogen) atoms. The van der Waals surface area contributed by atoms with Gasteiger partial charge in [0, 0.05) is 11.4 Å². The van der Waals surface area contributed by atoms with Gasteiger partial charge in [0.15, 0.2) is 0 Å². The topological polar surface area (TPSA) is 55.8 Å². The minimum absolute atomic E-state index is 0.0762. The van der Waals surface area contributed by atoms with E-state index >= 15 is 0 Å². The lowest BCUT2D eigenvalue weighted by Gasteiger charge is -2.39. The number of hydrogen-bond donors (Lipinski definition) is 1. The molecule has 0 saturated carbocycles. The zero-order chi connectivity index (χ0) is 16.9. The van der Waals surface area contributed by atoms with Crippen molar-refractivity contribution in [1.29, 1.82) is 0 Å². The number of aliphatic hydroxyl groups excluding tert-OH is 1.